The fourth-order valence-electron chi connectivity index (χ4n) is 1.88. The van der Waals surface area contributed by atoms with Crippen LogP contribution in [0.4, 0.5) is 5.95 Å². The van der Waals surface area contributed by atoms with E-state index in [1.807, 2.05) is 13.1 Å². The number of aryl methyl sites for hydroxylation is 1. The molecule has 18 heavy (non-hydrogen) atoms. The lowest BCUT2D eigenvalue weighted by atomic mass is 10.2. The molecule has 1 heterocycles. The van der Waals surface area contributed by atoms with Gasteiger partial charge in [-0.1, -0.05) is 26.2 Å². The summed E-state index contributed by atoms with van der Waals surface area (Å²) in [6.07, 6.45) is 10.1. The third-order valence-corrected chi connectivity index (χ3v) is 2.92. The highest BCUT2D eigenvalue weighted by molar-refractivity contribution is 5.25. The SMILES string of the molecule is CCCCCCn1ccnc1NCCCOCC. The predicted octanol–water partition coefficient (Wildman–Crippen LogP) is 3.30. The first-order chi connectivity index (χ1) is 8.88. The molecule has 4 heteroatoms. The van der Waals surface area contributed by atoms with Gasteiger partial charge in [0.05, 0.1) is 0 Å². The smallest absolute Gasteiger partial charge is 0.202 e. The van der Waals surface area contributed by atoms with Crippen LogP contribution >= 0.6 is 0 Å². The summed E-state index contributed by atoms with van der Waals surface area (Å²) in [4.78, 5) is 4.34. The summed E-state index contributed by atoms with van der Waals surface area (Å²) < 4.78 is 7.51. The van der Waals surface area contributed by atoms with Gasteiger partial charge in [0.15, 0.2) is 0 Å². The molecule has 1 aromatic heterocycles. The minimum Gasteiger partial charge on any atom is -0.382 e. The molecule has 0 aromatic carbocycles. The van der Waals surface area contributed by atoms with Crippen molar-refractivity contribution in [2.75, 3.05) is 25.1 Å². The first-order valence-corrected chi connectivity index (χ1v) is 7.21. The van der Waals surface area contributed by atoms with Crippen molar-refractivity contribution < 1.29 is 4.74 Å². The van der Waals surface area contributed by atoms with Gasteiger partial charge >= 0.3 is 0 Å². The van der Waals surface area contributed by atoms with Crippen LogP contribution < -0.4 is 5.32 Å². The van der Waals surface area contributed by atoms with E-state index in [-0.39, 0.29) is 0 Å². The standard InChI is InChI=1S/C14H27N3O/c1-3-5-6-7-11-17-12-10-16-14(17)15-9-8-13-18-4-2/h10,12H,3-9,11,13H2,1-2H3,(H,15,16). The Hall–Kier alpha value is -1.03. The molecule has 0 unspecified atom stereocenters. The van der Waals surface area contributed by atoms with E-state index in [0.717, 1.165) is 38.7 Å². The molecule has 0 saturated heterocycles. The lowest BCUT2D eigenvalue weighted by Crippen LogP contribution is -2.10. The molecular weight excluding hydrogens is 226 g/mol. The monoisotopic (exact) mass is 253 g/mol. The number of rotatable bonds is 11. The number of hydrogen-bond donors (Lipinski definition) is 1. The molecule has 0 saturated carbocycles. The molecule has 0 aliphatic rings. The highest BCUT2D eigenvalue weighted by Crippen LogP contribution is 2.08. The van der Waals surface area contributed by atoms with E-state index < -0.39 is 0 Å². The van der Waals surface area contributed by atoms with Gasteiger partial charge in [-0.25, -0.2) is 4.98 Å². The van der Waals surface area contributed by atoms with Crippen LogP contribution in [0.15, 0.2) is 12.4 Å². The van der Waals surface area contributed by atoms with Crippen LogP contribution in [0.25, 0.3) is 0 Å². The van der Waals surface area contributed by atoms with Crippen LogP contribution in [0.5, 0.6) is 0 Å². The average Bonchev–Trinajstić information content (AvgIpc) is 2.82. The van der Waals surface area contributed by atoms with Crippen molar-refractivity contribution in [1.82, 2.24) is 9.55 Å². The van der Waals surface area contributed by atoms with E-state index >= 15 is 0 Å². The number of anilines is 1. The minimum absolute atomic E-state index is 0.798. The zero-order valence-corrected chi connectivity index (χ0v) is 11.8. The number of aromatic nitrogens is 2. The molecule has 0 spiro atoms. The minimum atomic E-state index is 0.798. The van der Waals surface area contributed by atoms with Crippen molar-refractivity contribution in [3.63, 3.8) is 0 Å². The van der Waals surface area contributed by atoms with Crippen LogP contribution in [-0.2, 0) is 11.3 Å². The highest BCUT2D eigenvalue weighted by Gasteiger charge is 2.01. The molecule has 1 N–H and O–H groups in total. The summed E-state index contributed by atoms with van der Waals surface area (Å²) in [5.74, 6) is 0.989. The Labute approximate surface area is 111 Å². The number of nitrogens with zero attached hydrogens (tertiary/aromatic N) is 2. The molecule has 0 atom stereocenters. The maximum atomic E-state index is 5.31. The van der Waals surface area contributed by atoms with Crippen molar-refractivity contribution in [1.29, 1.82) is 0 Å². The average molecular weight is 253 g/mol. The van der Waals surface area contributed by atoms with Crippen molar-refractivity contribution in [3.05, 3.63) is 12.4 Å². The predicted molar refractivity (Wildman–Crippen MR) is 76.0 cm³/mol. The second-order valence-corrected chi connectivity index (χ2v) is 4.48. The van der Waals surface area contributed by atoms with Gasteiger partial charge in [0.2, 0.25) is 5.95 Å². The molecule has 0 bridgehead atoms. The van der Waals surface area contributed by atoms with E-state index in [9.17, 15) is 0 Å². The summed E-state index contributed by atoms with van der Waals surface area (Å²) in [6.45, 7) is 7.87. The molecule has 1 rings (SSSR count). The topological polar surface area (TPSA) is 39.1 Å². The second-order valence-electron chi connectivity index (χ2n) is 4.48. The van der Waals surface area contributed by atoms with E-state index in [0.29, 0.717) is 0 Å². The largest absolute Gasteiger partial charge is 0.382 e. The van der Waals surface area contributed by atoms with Crippen LogP contribution in [0, 0.1) is 0 Å². The second kappa shape index (κ2) is 9.95. The summed E-state index contributed by atoms with van der Waals surface area (Å²) in [7, 11) is 0. The number of unbranched alkanes of at least 4 members (excludes halogenated alkanes) is 3. The third-order valence-electron chi connectivity index (χ3n) is 2.92. The Kier molecular flexibility index (Phi) is 8.30. The van der Waals surface area contributed by atoms with Crippen LogP contribution in [0.1, 0.15) is 46.0 Å². The van der Waals surface area contributed by atoms with Crippen molar-refractivity contribution in [3.8, 4) is 0 Å². The molecule has 1 aromatic rings. The number of hydrogen-bond acceptors (Lipinski definition) is 3. The quantitative estimate of drug-likeness (QED) is 0.615. The molecular formula is C14H27N3O. The van der Waals surface area contributed by atoms with Crippen molar-refractivity contribution in [2.24, 2.45) is 0 Å². The van der Waals surface area contributed by atoms with Gasteiger partial charge < -0.3 is 14.6 Å². The molecule has 4 nitrogen and oxygen atoms in total. The molecule has 0 radical (unpaired) electrons. The Morgan fingerprint density at radius 3 is 2.89 bits per heavy atom. The van der Waals surface area contributed by atoms with Crippen LogP contribution in [0.2, 0.25) is 0 Å². The van der Waals surface area contributed by atoms with E-state index in [1.165, 1.54) is 25.7 Å². The Balaban J connectivity index is 2.18. The summed E-state index contributed by atoms with van der Waals surface area (Å²) in [6, 6.07) is 0. The Bertz CT molecular complexity index is 299. The number of imidazole rings is 1. The number of ether oxygens (including phenoxy) is 1. The van der Waals surface area contributed by atoms with Gasteiger partial charge in [-0.2, -0.15) is 0 Å². The summed E-state index contributed by atoms with van der Waals surface area (Å²) >= 11 is 0. The van der Waals surface area contributed by atoms with Gasteiger partial charge in [-0.05, 0) is 19.8 Å². The first kappa shape index (κ1) is 15.0. The zero-order chi connectivity index (χ0) is 13.1. The fraction of sp³-hybridized carbons (Fsp3) is 0.786. The Morgan fingerprint density at radius 1 is 1.22 bits per heavy atom. The van der Waals surface area contributed by atoms with Crippen molar-refractivity contribution >= 4 is 5.95 Å². The maximum Gasteiger partial charge on any atom is 0.202 e. The van der Waals surface area contributed by atoms with Gasteiger partial charge in [0.25, 0.3) is 0 Å². The lowest BCUT2D eigenvalue weighted by Gasteiger charge is -2.09. The maximum absolute atomic E-state index is 5.31. The lowest BCUT2D eigenvalue weighted by molar-refractivity contribution is 0.147. The van der Waals surface area contributed by atoms with Crippen LogP contribution in [0.3, 0.4) is 0 Å². The summed E-state index contributed by atoms with van der Waals surface area (Å²) in [5.41, 5.74) is 0. The Morgan fingerprint density at radius 2 is 2.11 bits per heavy atom. The van der Waals surface area contributed by atoms with Gasteiger partial charge in [-0.3, -0.25) is 0 Å². The van der Waals surface area contributed by atoms with E-state index in [1.54, 1.807) is 0 Å². The molecule has 0 aliphatic carbocycles. The fourth-order valence-corrected chi connectivity index (χ4v) is 1.88. The molecule has 0 fully saturated rings. The number of nitrogens with one attached hydrogen (secondary N) is 1. The highest BCUT2D eigenvalue weighted by atomic mass is 16.5. The van der Waals surface area contributed by atoms with Gasteiger partial charge in [-0.15, -0.1) is 0 Å². The first-order valence-electron chi connectivity index (χ1n) is 7.21. The third kappa shape index (κ3) is 6.05. The molecule has 104 valence electrons. The molecule has 0 aliphatic heterocycles. The van der Waals surface area contributed by atoms with Crippen LogP contribution in [-0.4, -0.2) is 29.3 Å². The van der Waals surface area contributed by atoms with Crippen molar-refractivity contribution in [2.45, 2.75) is 52.5 Å². The normalized spacial score (nSPS) is 10.8. The van der Waals surface area contributed by atoms with E-state index in [4.69, 9.17) is 4.74 Å². The van der Waals surface area contributed by atoms with Gasteiger partial charge in [0.1, 0.15) is 0 Å². The van der Waals surface area contributed by atoms with E-state index in [2.05, 4.69) is 28.0 Å². The zero-order valence-electron chi connectivity index (χ0n) is 11.8. The molecule has 0 amide bonds. The summed E-state index contributed by atoms with van der Waals surface area (Å²) in [5, 5.41) is 3.36. The van der Waals surface area contributed by atoms with Gasteiger partial charge in [0, 0.05) is 38.7 Å².